The van der Waals surface area contributed by atoms with Crippen LogP contribution < -0.4 is 0 Å². The number of likely N-dealkylation sites (tertiary alicyclic amines) is 1. The van der Waals surface area contributed by atoms with Crippen LogP contribution in [0.1, 0.15) is 33.9 Å². The summed E-state index contributed by atoms with van der Waals surface area (Å²) in [6.07, 6.45) is 1.12. The van der Waals surface area contributed by atoms with Crippen molar-refractivity contribution in [2.45, 2.75) is 24.9 Å². The van der Waals surface area contributed by atoms with E-state index in [0.717, 1.165) is 22.3 Å². The molecule has 0 aromatic heterocycles. The van der Waals surface area contributed by atoms with Crippen molar-refractivity contribution in [2.24, 2.45) is 5.92 Å². The number of hydrogen-bond donors (Lipinski definition) is 1. The number of hydrogen-bond acceptors (Lipinski definition) is 2. The fourth-order valence-corrected chi connectivity index (χ4v) is 5.22. The highest BCUT2D eigenvalue weighted by Gasteiger charge is 2.47. The summed E-state index contributed by atoms with van der Waals surface area (Å²) in [4.78, 5) is 27.8. The lowest BCUT2D eigenvalue weighted by Crippen LogP contribution is -2.42. The third kappa shape index (κ3) is 4.73. The van der Waals surface area contributed by atoms with Crippen LogP contribution in [0, 0.1) is 5.92 Å². The number of rotatable bonds is 6. The minimum Gasteiger partial charge on any atom is -0.480 e. The smallest absolute Gasteiger partial charge is 0.326 e. The van der Waals surface area contributed by atoms with E-state index in [9.17, 15) is 14.7 Å². The maximum Gasteiger partial charge on any atom is 0.326 e. The van der Waals surface area contributed by atoms with Crippen LogP contribution in [0.25, 0.3) is 11.1 Å². The van der Waals surface area contributed by atoms with Crippen LogP contribution in [-0.2, 0) is 11.2 Å². The van der Waals surface area contributed by atoms with Crippen molar-refractivity contribution >= 4 is 11.9 Å². The SMILES string of the molecule is O=C(O)C1CC(Cc2ccccc2)C(c2ccccc2)N1C(=O)c1ccc(-c2ccccc2)cc1. The Kier molecular flexibility index (Phi) is 6.44. The van der Waals surface area contributed by atoms with Gasteiger partial charge in [-0.2, -0.15) is 0 Å². The minimum atomic E-state index is -0.962. The normalized spacial score (nSPS) is 19.4. The molecular formula is C31H27NO3. The number of amides is 1. The molecule has 1 heterocycles. The highest BCUT2D eigenvalue weighted by Crippen LogP contribution is 2.43. The number of nitrogens with zero attached hydrogens (tertiary/aromatic N) is 1. The zero-order valence-electron chi connectivity index (χ0n) is 19.3. The van der Waals surface area contributed by atoms with Gasteiger partial charge in [0.05, 0.1) is 6.04 Å². The Labute approximate surface area is 205 Å². The van der Waals surface area contributed by atoms with E-state index in [4.69, 9.17) is 0 Å². The lowest BCUT2D eigenvalue weighted by molar-refractivity contribution is -0.141. The fraction of sp³-hybridized carbons (Fsp3) is 0.161. The van der Waals surface area contributed by atoms with Crippen molar-refractivity contribution in [1.82, 2.24) is 4.90 Å². The molecule has 1 aliphatic rings. The topological polar surface area (TPSA) is 57.6 Å². The molecule has 4 nitrogen and oxygen atoms in total. The highest BCUT2D eigenvalue weighted by molar-refractivity contribution is 5.97. The summed E-state index contributed by atoms with van der Waals surface area (Å²) in [6.45, 7) is 0. The van der Waals surface area contributed by atoms with Gasteiger partial charge >= 0.3 is 5.97 Å². The van der Waals surface area contributed by atoms with Gasteiger partial charge in [0.1, 0.15) is 6.04 Å². The summed E-state index contributed by atoms with van der Waals surface area (Å²) < 4.78 is 0. The Morgan fingerprint density at radius 3 is 1.86 bits per heavy atom. The van der Waals surface area contributed by atoms with Crippen LogP contribution in [0.4, 0.5) is 0 Å². The summed E-state index contributed by atoms with van der Waals surface area (Å²) in [5.41, 5.74) is 4.69. The van der Waals surface area contributed by atoms with Gasteiger partial charge in [0.2, 0.25) is 0 Å². The largest absolute Gasteiger partial charge is 0.480 e. The van der Waals surface area contributed by atoms with Crippen molar-refractivity contribution in [3.8, 4) is 11.1 Å². The first-order chi connectivity index (χ1) is 17.1. The van der Waals surface area contributed by atoms with Crippen LogP contribution in [-0.4, -0.2) is 27.9 Å². The molecule has 0 radical (unpaired) electrons. The second kappa shape index (κ2) is 9.98. The summed E-state index contributed by atoms with van der Waals surface area (Å²) in [5.74, 6) is -1.22. The Hall–Kier alpha value is -4.18. The molecule has 3 atom stereocenters. The zero-order valence-corrected chi connectivity index (χ0v) is 19.3. The van der Waals surface area contributed by atoms with Crippen molar-refractivity contribution < 1.29 is 14.7 Å². The molecule has 1 amide bonds. The maximum atomic E-state index is 13.9. The minimum absolute atomic E-state index is 0.00607. The molecule has 4 aromatic rings. The number of carbonyl (C=O) groups is 2. The quantitative estimate of drug-likeness (QED) is 0.369. The molecule has 0 bridgehead atoms. The molecule has 174 valence electrons. The predicted octanol–water partition coefficient (Wildman–Crippen LogP) is 6.25. The maximum absolute atomic E-state index is 13.9. The van der Waals surface area contributed by atoms with E-state index >= 15 is 0 Å². The third-order valence-corrected chi connectivity index (χ3v) is 6.85. The van der Waals surface area contributed by atoms with E-state index in [0.29, 0.717) is 18.4 Å². The van der Waals surface area contributed by atoms with Gasteiger partial charge in [0, 0.05) is 5.56 Å². The van der Waals surface area contributed by atoms with Gasteiger partial charge in [-0.3, -0.25) is 4.79 Å². The molecule has 3 unspecified atom stereocenters. The molecule has 1 aliphatic heterocycles. The summed E-state index contributed by atoms with van der Waals surface area (Å²) in [5, 5.41) is 10.1. The summed E-state index contributed by atoms with van der Waals surface area (Å²) >= 11 is 0. The lowest BCUT2D eigenvalue weighted by atomic mass is 9.87. The van der Waals surface area contributed by atoms with Crippen molar-refractivity contribution in [2.75, 3.05) is 0 Å². The van der Waals surface area contributed by atoms with E-state index in [-0.39, 0.29) is 17.9 Å². The van der Waals surface area contributed by atoms with Gasteiger partial charge in [0.25, 0.3) is 5.91 Å². The molecule has 1 N–H and O–H groups in total. The molecule has 35 heavy (non-hydrogen) atoms. The first-order valence-electron chi connectivity index (χ1n) is 11.9. The number of carbonyl (C=O) groups excluding carboxylic acids is 1. The molecule has 1 fully saturated rings. The Morgan fingerprint density at radius 2 is 1.26 bits per heavy atom. The molecule has 0 aliphatic carbocycles. The third-order valence-electron chi connectivity index (χ3n) is 6.85. The standard InChI is InChI=1S/C31H27NO3/c33-30(26-18-16-24(17-19-26)23-12-6-2-7-13-23)32-28(31(34)35)21-27(20-22-10-4-1-5-11-22)29(32)25-14-8-3-9-15-25/h1-19,27-29H,20-21H2,(H,34,35). The van der Waals surface area contributed by atoms with E-state index in [1.165, 1.54) is 0 Å². The molecule has 5 rings (SSSR count). The monoisotopic (exact) mass is 461 g/mol. The molecule has 1 saturated heterocycles. The summed E-state index contributed by atoms with van der Waals surface area (Å²) in [6, 6.07) is 36.1. The Bertz CT molecular complexity index is 1290. The van der Waals surface area contributed by atoms with E-state index in [1.54, 1.807) is 17.0 Å². The van der Waals surface area contributed by atoms with Crippen LogP contribution in [0.5, 0.6) is 0 Å². The average Bonchev–Trinajstić information content (AvgIpc) is 3.29. The first-order valence-corrected chi connectivity index (χ1v) is 11.9. The van der Waals surface area contributed by atoms with Gasteiger partial charge in [-0.05, 0) is 53.1 Å². The molecule has 0 saturated carbocycles. The number of carboxylic acid groups (broad SMARTS) is 1. The van der Waals surface area contributed by atoms with E-state index in [1.807, 2.05) is 91.0 Å². The van der Waals surface area contributed by atoms with Gasteiger partial charge in [-0.25, -0.2) is 4.79 Å². The average molecular weight is 462 g/mol. The van der Waals surface area contributed by atoms with Crippen molar-refractivity contribution in [3.05, 3.63) is 132 Å². The molecular weight excluding hydrogens is 434 g/mol. The first kappa shape index (κ1) is 22.6. The van der Waals surface area contributed by atoms with Gasteiger partial charge in [0.15, 0.2) is 0 Å². The van der Waals surface area contributed by atoms with Crippen LogP contribution in [0.2, 0.25) is 0 Å². The second-order valence-corrected chi connectivity index (χ2v) is 9.05. The zero-order chi connectivity index (χ0) is 24.2. The Balaban J connectivity index is 1.51. The predicted molar refractivity (Wildman–Crippen MR) is 137 cm³/mol. The van der Waals surface area contributed by atoms with Crippen LogP contribution >= 0.6 is 0 Å². The number of benzene rings is 4. The number of aliphatic carboxylic acids is 1. The van der Waals surface area contributed by atoms with E-state index < -0.39 is 12.0 Å². The van der Waals surface area contributed by atoms with Crippen molar-refractivity contribution in [1.29, 1.82) is 0 Å². The van der Waals surface area contributed by atoms with Crippen LogP contribution in [0.15, 0.2) is 115 Å². The lowest BCUT2D eigenvalue weighted by Gasteiger charge is -2.31. The van der Waals surface area contributed by atoms with E-state index in [2.05, 4.69) is 12.1 Å². The summed E-state index contributed by atoms with van der Waals surface area (Å²) in [7, 11) is 0. The van der Waals surface area contributed by atoms with Gasteiger partial charge < -0.3 is 10.0 Å². The second-order valence-electron chi connectivity index (χ2n) is 9.05. The fourth-order valence-electron chi connectivity index (χ4n) is 5.22. The number of carboxylic acids is 1. The molecule has 4 aromatic carbocycles. The van der Waals surface area contributed by atoms with Crippen LogP contribution in [0.3, 0.4) is 0 Å². The molecule has 4 heteroatoms. The highest BCUT2D eigenvalue weighted by atomic mass is 16.4. The van der Waals surface area contributed by atoms with Gasteiger partial charge in [-0.1, -0.05) is 103 Å². The van der Waals surface area contributed by atoms with Crippen molar-refractivity contribution in [3.63, 3.8) is 0 Å². The van der Waals surface area contributed by atoms with Gasteiger partial charge in [-0.15, -0.1) is 0 Å². The Morgan fingerprint density at radius 1 is 0.714 bits per heavy atom. The molecule has 0 spiro atoms.